The molecule has 4 heteroatoms. The summed E-state index contributed by atoms with van der Waals surface area (Å²) >= 11 is 0.797. The lowest BCUT2D eigenvalue weighted by molar-refractivity contribution is -0.125. The Morgan fingerprint density at radius 3 is 2.59 bits per heavy atom. The van der Waals surface area contributed by atoms with Crippen LogP contribution in [0.4, 0.5) is 4.39 Å². The van der Waals surface area contributed by atoms with Crippen molar-refractivity contribution in [2.75, 3.05) is 0 Å². The standard InChI is InChI=1S/C13H15FO2S/c1-3-7-11(15)13(2,14)12(16)17-10-8-5-4-6-9-10/h3-9,11,15H,1-2H3/b7-3+/t11-,13-/m1/s1. The SMILES string of the molecule is C/C=C/[C@@H](O)[C@@](C)(F)C(=O)Sc1ccccc1. The Morgan fingerprint density at radius 1 is 1.47 bits per heavy atom. The minimum absolute atomic E-state index is 0.661. The summed E-state index contributed by atoms with van der Waals surface area (Å²) < 4.78 is 14.1. The predicted octanol–water partition coefficient (Wildman–Crippen LogP) is 2.97. The van der Waals surface area contributed by atoms with E-state index >= 15 is 0 Å². The van der Waals surface area contributed by atoms with Crippen molar-refractivity contribution >= 4 is 16.9 Å². The van der Waals surface area contributed by atoms with Crippen LogP contribution in [-0.4, -0.2) is 22.0 Å². The van der Waals surface area contributed by atoms with Crippen molar-refractivity contribution in [3.05, 3.63) is 42.5 Å². The van der Waals surface area contributed by atoms with Crippen molar-refractivity contribution in [3.8, 4) is 0 Å². The predicted molar refractivity (Wildman–Crippen MR) is 67.6 cm³/mol. The number of halogens is 1. The van der Waals surface area contributed by atoms with E-state index in [1.165, 1.54) is 12.2 Å². The van der Waals surface area contributed by atoms with Crippen LogP contribution in [0.25, 0.3) is 0 Å². The molecule has 1 aromatic carbocycles. The number of aliphatic hydroxyl groups excluding tert-OH is 1. The molecule has 2 nitrogen and oxygen atoms in total. The minimum Gasteiger partial charge on any atom is -0.385 e. The maximum absolute atomic E-state index is 14.1. The van der Waals surface area contributed by atoms with Crippen LogP contribution in [-0.2, 0) is 4.79 Å². The molecule has 0 aliphatic rings. The van der Waals surface area contributed by atoms with Gasteiger partial charge in [-0.05, 0) is 37.7 Å². The van der Waals surface area contributed by atoms with Crippen LogP contribution in [0.1, 0.15) is 13.8 Å². The molecule has 0 spiro atoms. The van der Waals surface area contributed by atoms with Gasteiger partial charge in [-0.15, -0.1) is 0 Å². The highest BCUT2D eigenvalue weighted by Gasteiger charge is 2.39. The normalized spacial score (nSPS) is 16.7. The molecule has 1 rings (SSSR count). The van der Waals surface area contributed by atoms with Gasteiger partial charge in [-0.2, -0.15) is 0 Å². The zero-order valence-corrected chi connectivity index (χ0v) is 10.6. The molecular weight excluding hydrogens is 239 g/mol. The average molecular weight is 254 g/mol. The summed E-state index contributed by atoms with van der Waals surface area (Å²) in [6.07, 6.45) is 1.36. The van der Waals surface area contributed by atoms with Gasteiger partial charge in [-0.3, -0.25) is 4.79 Å². The summed E-state index contributed by atoms with van der Waals surface area (Å²) in [4.78, 5) is 12.4. The van der Waals surface area contributed by atoms with E-state index in [0.29, 0.717) is 4.90 Å². The number of alkyl halides is 1. The molecule has 0 fully saturated rings. The molecule has 17 heavy (non-hydrogen) atoms. The molecule has 0 aliphatic carbocycles. The largest absolute Gasteiger partial charge is 0.385 e. The number of rotatable bonds is 4. The summed E-state index contributed by atoms with van der Waals surface area (Å²) in [7, 11) is 0. The Labute approximate surface area is 105 Å². The van der Waals surface area contributed by atoms with Crippen molar-refractivity contribution < 1.29 is 14.3 Å². The third kappa shape index (κ3) is 3.68. The van der Waals surface area contributed by atoms with E-state index in [4.69, 9.17) is 0 Å². The molecule has 0 saturated heterocycles. The monoisotopic (exact) mass is 254 g/mol. The maximum Gasteiger partial charge on any atom is 0.233 e. The Kier molecular flexibility index (Phi) is 4.90. The second kappa shape index (κ2) is 5.98. The van der Waals surface area contributed by atoms with Crippen LogP contribution in [0.3, 0.4) is 0 Å². The minimum atomic E-state index is -2.28. The second-order valence-electron chi connectivity index (χ2n) is 3.75. The van der Waals surface area contributed by atoms with E-state index in [1.54, 1.807) is 31.2 Å². The van der Waals surface area contributed by atoms with Crippen LogP contribution in [0.15, 0.2) is 47.4 Å². The molecule has 1 aromatic rings. The fourth-order valence-corrected chi connectivity index (χ4v) is 2.01. The van der Waals surface area contributed by atoms with E-state index < -0.39 is 16.9 Å². The van der Waals surface area contributed by atoms with Gasteiger partial charge in [0.25, 0.3) is 0 Å². The summed E-state index contributed by atoms with van der Waals surface area (Å²) in [6, 6.07) is 8.81. The number of carbonyl (C=O) groups excluding carboxylic acids is 1. The van der Waals surface area contributed by atoms with Crippen molar-refractivity contribution in [3.63, 3.8) is 0 Å². The first-order valence-electron chi connectivity index (χ1n) is 5.25. The van der Waals surface area contributed by atoms with Gasteiger partial charge < -0.3 is 5.11 Å². The van der Waals surface area contributed by atoms with Gasteiger partial charge in [0.2, 0.25) is 10.8 Å². The highest BCUT2D eigenvalue weighted by Crippen LogP contribution is 2.29. The maximum atomic E-state index is 14.1. The number of carbonyl (C=O) groups is 1. The molecule has 1 N–H and O–H groups in total. The highest BCUT2D eigenvalue weighted by atomic mass is 32.2. The number of allylic oxidation sites excluding steroid dienone is 1. The average Bonchev–Trinajstić information content (AvgIpc) is 2.30. The first-order valence-corrected chi connectivity index (χ1v) is 6.07. The Bertz CT molecular complexity index is 401. The summed E-state index contributed by atoms with van der Waals surface area (Å²) in [5.41, 5.74) is -2.28. The van der Waals surface area contributed by atoms with Gasteiger partial charge in [0, 0.05) is 4.90 Å². The number of aliphatic hydroxyl groups is 1. The van der Waals surface area contributed by atoms with E-state index in [2.05, 4.69) is 0 Å². The van der Waals surface area contributed by atoms with Gasteiger partial charge in [0.1, 0.15) is 6.10 Å². The molecule has 0 heterocycles. The van der Waals surface area contributed by atoms with Crippen molar-refractivity contribution in [1.82, 2.24) is 0 Å². The summed E-state index contributed by atoms with van der Waals surface area (Å²) in [5.74, 6) is 0. The lowest BCUT2D eigenvalue weighted by Crippen LogP contribution is -2.40. The lowest BCUT2D eigenvalue weighted by atomic mass is 10.0. The molecule has 0 bridgehead atoms. The third-order valence-corrected chi connectivity index (χ3v) is 3.38. The topological polar surface area (TPSA) is 37.3 Å². The van der Waals surface area contributed by atoms with Crippen LogP contribution in [0.2, 0.25) is 0 Å². The van der Waals surface area contributed by atoms with Crippen LogP contribution < -0.4 is 0 Å². The molecule has 92 valence electrons. The van der Waals surface area contributed by atoms with E-state index in [9.17, 15) is 14.3 Å². The molecule has 0 amide bonds. The Hall–Kier alpha value is -1.13. The van der Waals surface area contributed by atoms with Crippen LogP contribution >= 0.6 is 11.8 Å². The fourth-order valence-electron chi connectivity index (χ4n) is 1.18. The molecule has 0 saturated carbocycles. The van der Waals surface area contributed by atoms with E-state index in [-0.39, 0.29) is 0 Å². The number of thioether (sulfide) groups is 1. The molecule has 0 unspecified atom stereocenters. The smallest absolute Gasteiger partial charge is 0.233 e. The number of hydrogen-bond donors (Lipinski definition) is 1. The van der Waals surface area contributed by atoms with Crippen molar-refractivity contribution in [1.29, 1.82) is 0 Å². The second-order valence-corrected chi connectivity index (χ2v) is 4.80. The third-order valence-electron chi connectivity index (χ3n) is 2.28. The number of hydrogen-bond acceptors (Lipinski definition) is 3. The first-order chi connectivity index (χ1) is 7.98. The highest BCUT2D eigenvalue weighted by molar-refractivity contribution is 8.13. The van der Waals surface area contributed by atoms with E-state index in [1.807, 2.05) is 6.07 Å². The fraction of sp³-hybridized carbons (Fsp3) is 0.308. The number of benzene rings is 1. The Morgan fingerprint density at radius 2 is 2.06 bits per heavy atom. The van der Waals surface area contributed by atoms with Crippen LogP contribution in [0.5, 0.6) is 0 Å². The lowest BCUT2D eigenvalue weighted by Gasteiger charge is -2.21. The summed E-state index contributed by atoms with van der Waals surface area (Å²) in [6.45, 7) is 2.75. The molecule has 0 aromatic heterocycles. The van der Waals surface area contributed by atoms with Crippen molar-refractivity contribution in [2.24, 2.45) is 0 Å². The first kappa shape index (κ1) is 13.9. The van der Waals surface area contributed by atoms with Gasteiger partial charge in [-0.1, -0.05) is 30.4 Å². The molecule has 0 radical (unpaired) electrons. The molecule has 2 atom stereocenters. The summed E-state index contributed by atoms with van der Waals surface area (Å²) in [5, 5.41) is 8.83. The van der Waals surface area contributed by atoms with Gasteiger partial charge in [0.05, 0.1) is 0 Å². The quantitative estimate of drug-likeness (QED) is 0.663. The molecule has 0 aliphatic heterocycles. The van der Waals surface area contributed by atoms with Crippen molar-refractivity contribution in [2.45, 2.75) is 30.5 Å². The van der Waals surface area contributed by atoms with Crippen LogP contribution in [0, 0.1) is 0 Å². The van der Waals surface area contributed by atoms with E-state index in [0.717, 1.165) is 18.7 Å². The van der Waals surface area contributed by atoms with Gasteiger partial charge >= 0.3 is 0 Å². The Balaban J connectivity index is 2.76. The van der Waals surface area contributed by atoms with Gasteiger partial charge in [-0.25, -0.2) is 4.39 Å². The van der Waals surface area contributed by atoms with Gasteiger partial charge in [0.15, 0.2) is 0 Å². The zero-order chi connectivity index (χ0) is 12.9. The molecular formula is C13H15FO2S. The zero-order valence-electron chi connectivity index (χ0n) is 9.76.